The number of nitrogens with one attached hydrogen (secondary N) is 1. The SMILES string of the molecule is CCCCCCCCCC/C=C/[C@@H](O)[C@H](COP(=O)([O-])OCC[N+](C)(C)C)NC(=O)CCCCCCCCC. The predicted octanol–water partition coefficient (Wildman–Crippen LogP) is 6.27. The van der Waals surface area contributed by atoms with Crippen molar-refractivity contribution in [2.45, 2.75) is 135 Å². The zero-order valence-electron chi connectivity index (χ0n) is 25.8. The molecular formula is C30H61N2O6P. The number of rotatable bonds is 27. The summed E-state index contributed by atoms with van der Waals surface area (Å²) in [5, 5.41) is 13.5. The highest BCUT2D eigenvalue weighted by atomic mass is 31.2. The normalized spacial score (nSPS) is 15.4. The Kier molecular flexibility index (Phi) is 23.4. The molecule has 2 N–H and O–H groups in total. The minimum atomic E-state index is -4.56. The van der Waals surface area contributed by atoms with Crippen LogP contribution in [-0.4, -0.2) is 68.5 Å². The van der Waals surface area contributed by atoms with Gasteiger partial charge in [-0.25, -0.2) is 0 Å². The lowest BCUT2D eigenvalue weighted by Crippen LogP contribution is -2.45. The van der Waals surface area contributed by atoms with Crippen LogP contribution < -0.4 is 10.2 Å². The number of phosphoric ester groups is 1. The van der Waals surface area contributed by atoms with Gasteiger partial charge in [0.1, 0.15) is 13.2 Å². The summed E-state index contributed by atoms with van der Waals surface area (Å²) < 4.78 is 22.9. The van der Waals surface area contributed by atoms with Gasteiger partial charge in [0.15, 0.2) is 0 Å². The predicted molar refractivity (Wildman–Crippen MR) is 159 cm³/mol. The van der Waals surface area contributed by atoms with Crippen LogP contribution >= 0.6 is 7.82 Å². The molecule has 0 aromatic heterocycles. The minimum Gasteiger partial charge on any atom is -0.756 e. The van der Waals surface area contributed by atoms with E-state index in [1.165, 1.54) is 64.2 Å². The Morgan fingerprint density at radius 2 is 1.38 bits per heavy atom. The van der Waals surface area contributed by atoms with Crippen LogP contribution in [-0.2, 0) is 18.4 Å². The molecule has 0 heterocycles. The molecule has 39 heavy (non-hydrogen) atoms. The van der Waals surface area contributed by atoms with Gasteiger partial charge in [-0.1, -0.05) is 109 Å². The van der Waals surface area contributed by atoms with Gasteiger partial charge in [0.25, 0.3) is 7.82 Å². The number of likely N-dealkylation sites (N-methyl/N-ethyl adjacent to an activating group) is 1. The van der Waals surface area contributed by atoms with Gasteiger partial charge in [-0.05, 0) is 19.3 Å². The summed E-state index contributed by atoms with van der Waals surface area (Å²) in [7, 11) is 1.26. The molecule has 232 valence electrons. The molecule has 3 atom stereocenters. The Bertz CT molecular complexity index is 668. The quantitative estimate of drug-likeness (QED) is 0.0517. The third kappa shape index (κ3) is 25.9. The van der Waals surface area contributed by atoms with E-state index in [2.05, 4.69) is 19.2 Å². The van der Waals surface area contributed by atoms with E-state index in [0.29, 0.717) is 17.4 Å². The van der Waals surface area contributed by atoms with Crippen LogP contribution in [0.4, 0.5) is 0 Å². The molecule has 0 bridgehead atoms. The van der Waals surface area contributed by atoms with Crippen molar-refractivity contribution < 1.29 is 32.9 Å². The number of hydrogen-bond donors (Lipinski definition) is 2. The first-order valence-electron chi connectivity index (χ1n) is 15.6. The smallest absolute Gasteiger partial charge is 0.268 e. The monoisotopic (exact) mass is 576 g/mol. The van der Waals surface area contributed by atoms with Crippen molar-refractivity contribution in [2.24, 2.45) is 0 Å². The maximum Gasteiger partial charge on any atom is 0.268 e. The minimum absolute atomic E-state index is 0.000615. The highest BCUT2D eigenvalue weighted by Gasteiger charge is 2.23. The first-order valence-corrected chi connectivity index (χ1v) is 17.0. The van der Waals surface area contributed by atoms with Crippen molar-refractivity contribution in [3.63, 3.8) is 0 Å². The second kappa shape index (κ2) is 23.9. The van der Waals surface area contributed by atoms with Gasteiger partial charge in [0.2, 0.25) is 5.91 Å². The summed E-state index contributed by atoms with van der Waals surface area (Å²) >= 11 is 0. The summed E-state index contributed by atoms with van der Waals surface area (Å²) in [5.41, 5.74) is 0. The molecule has 0 aromatic rings. The summed E-state index contributed by atoms with van der Waals surface area (Å²) in [6.07, 6.45) is 21.2. The molecule has 1 amide bonds. The first-order chi connectivity index (χ1) is 18.5. The van der Waals surface area contributed by atoms with Gasteiger partial charge in [-0.2, -0.15) is 0 Å². The van der Waals surface area contributed by atoms with E-state index in [-0.39, 0.29) is 19.1 Å². The molecule has 0 saturated heterocycles. The third-order valence-electron chi connectivity index (χ3n) is 6.75. The lowest BCUT2D eigenvalue weighted by molar-refractivity contribution is -0.870. The number of hydrogen-bond acceptors (Lipinski definition) is 6. The maximum atomic E-state index is 12.6. The molecule has 0 saturated carbocycles. The van der Waals surface area contributed by atoms with Crippen molar-refractivity contribution in [1.82, 2.24) is 5.32 Å². The van der Waals surface area contributed by atoms with Gasteiger partial charge < -0.3 is 28.8 Å². The number of aliphatic hydroxyl groups is 1. The van der Waals surface area contributed by atoms with Crippen molar-refractivity contribution in [2.75, 3.05) is 40.9 Å². The molecule has 0 aliphatic heterocycles. The van der Waals surface area contributed by atoms with Gasteiger partial charge in [0.05, 0.1) is 39.9 Å². The van der Waals surface area contributed by atoms with E-state index < -0.39 is 20.0 Å². The van der Waals surface area contributed by atoms with Gasteiger partial charge in [-0.3, -0.25) is 9.36 Å². The highest BCUT2D eigenvalue weighted by Crippen LogP contribution is 2.38. The van der Waals surface area contributed by atoms with E-state index in [4.69, 9.17) is 9.05 Å². The average Bonchev–Trinajstić information content (AvgIpc) is 2.86. The molecule has 0 aliphatic carbocycles. The Hall–Kier alpha value is -0.760. The molecule has 9 heteroatoms. The fourth-order valence-electron chi connectivity index (χ4n) is 4.15. The van der Waals surface area contributed by atoms with Crippen LogP contribution in [0.15, 0.2) is 12.2 Å². The van der Waals surface area contributed by atoms with E-state index in [0.717, 1.165) is 38.5 Å². The molecule has 0 radical (unpaired) electrons. The summed E-state index contributed by atoms with van der Waals surface area (Å²) in [5.74, 6) is -0.209. The largest absolute Gasteiger partial charge is 0.756 e. The topological polar surface area (TPSA) is 108 Å². The van der Waals surface area contributed by atoms with Crippen LogP contribution in [0.2, 0.25) is 0 Å². The summed E-state index contributed by atoms with van der Waals surface area (Å²) in [4.78, 5) is 24.8. The summed E-state index contributed by atoms with van der Waals surface area (Å²) in [6.45, 7) is 4.53. The molecule has 1 unspecified atom stereocenters. The third-order valence-corrected chi connectivity index (χ3v) is 7.71. The molecular weight excluding hydrogens is 515 g/mol. The van der Waals surface area contributed by atoms with E-state index >= 15 is 0 Å². The Morgan fingerprint density at radius 1 is 0.872 bits per heavy atom. The lowest BCUT2D eigenvalue weighted by atomic mass is 10.1. The first kappa shape index (κ1) is 38.2. The Morgan fingerprint density at radius 3 is 1.92 bits per heavy atom. The molecule has 0 spiro atoms. The van der Waals surface area contributed by atoms with Crippen molar-refractivity contribution in [3.05, 3.63) is 12.2 Å². The molecule has 0 aliphatic rings. The zero-order chi connectivity index (χ0) is 29.4. The average molecular weight is 577 g/mol. The zero-order valence-corrected chi connectivity index (χ0v) is 26.7. The molecule has 0 fully saturated rings. The number of unbranched alkanes of at least 4 members (excludes halogenated alkanes) is 14. The second-order valence-corrected chi connectivity index (χ2v) is 13.2. The Balaban J connectivity index is 4.69. The van der Waals surface area contributed by atoms with Crippen LogP contribution in [0.25, 0.3) is 0 Å². The maximum absolute atomic E-state index is 12.6. The van der Waals surface area contributed by atoms with E-state index in [9.17, 15) is 19.4 Å². The molecule has 0 aromatic carbocycles. The number of allylic oxidation sites excluding steroid dienone is 1. The van der Waals surface area contributed by atoms with Gasteiger partial charge in [0, 0.05) is 6.42 Å². The number of amides is 1. The van der Waals surface area contributed by atoms with Crippen LogP contribution in [0.3, 0.4) is 0 Å². The van der Waals surface area contributed by atoms with E-state index in [1.54, 1.807) is 6.08 Å². The standard InChI is InChI=1S/C30H61N2O6P/c1-6-8-10-12-14-15-16-18-19-21-23-29(33)28(27-38-39(35,36)37-26-25-32(3,4)5)31-30(34)24-22-20-17-13-11-9-7-2/h21,23,28-29,33H,6-20,22,24-27H2,1-5H3,(H-,31,34,35,36)/b23-21+/t28-,29+/m0/s1. The number of aliphatic hydroxyl groups excluding tert-OH is 1. The molecule has 0 rings (SSSR count). The van der Waals surface area contributed by atoms with Crippen LogP contribution in [0, 0.1) is 0 Å². The summed E-state index contributed by atoms with van der Waals surface area (Å²) in [6, 6.07) is -0.874. The van der Waals surface area contributed by atoms with Crippen molar-refractivity contribution in [3.8, 4) is 0 Å². The van der Waals surface area contributed by atoms with Gasteiger partial charge >= 0.3 is 0 Å². The number of carbonyl (C=O) groups excluding carboxylic acids is 1. The van der Waals surface area contributed by atoms with E-state index in [1.807, 2.05) is 27.2 Å². The fraction of sp³-hybridized carbons (Fsp3) is 0.900. The van der Waals surface area contributed by atoms with Crippen molar-refractivity contribution >= 4 is 13.7 Å². The number of phosphoric acid groups is 1. The lowest BCUT2D eigenvalue weighted by Gasteiger charge is -2.29. The number of quaternary nitrogens is 1. The van der Waals surface area contributed by atoms with Gasteiger partial charge in [-0.15, -0.1) is 0 Å². The van der Waals surface area contributed by atoms with Crippen molar-refractivity contribution in [1.29, 1.82) is 0 Å². The van der Waals surface area contributed by atoms with Crippen LogP contribution in [0.5, 0.6) is 0 Å². The number of nitrogens with zero attached hydrogens (tertiary/aromatic N) is 1. The fourth-order valence-corrected chi connectivity index (χ4v) is 4.87. The highest BCUT2D eigenvalue weighted by molar-refractivity contribution is 7.45. The second-order valence-electron chi connectivity index (χ2n) is 11.8. The van der Waals surface area contributed by atoms with Crippen LogP contribution in [0.1, 0.15) is 123 Å². The Labute approximate surface area is 240 Å². The number of carbonyl (C=O) groups is 1. The molecule has 8 nitrogen and oxygen atoms in total.